The van der Waals surface area contributed by atoms with Crippen molar-refractivity contribution in [2.24, 2.45) is 11.1 Å². The Kier molecular flexibility index (Phi) is 4.30. The number of hydrogen-bond donors (Lipinski definition) is 3. The molecule has 0 saturated heterocycles. The van der Waals surface area contributed by atoms with Gasteiger partial charge in [0.1, 0.15) is 16.7 Å². The topological polar surface area (TPSA) is 97.5 Å². The van der Waals surface area contributed by atoms with E-state index in [1.165, 1.54) is 0 Å². The molecule has 0 aromatic heterocycles. The van der Waals surface area contributed by atoms with Crippen molar-refractivity contribution in [3.63, 3.8) is 0 Å². The van der Waals surface area contributed by atoms with Crippen molar-refractivity contribution >= 4 is 16.7 Å². The summed E-state index contributed by atoms with van der Waals surface area (Å²) >= 11 is 0. The monoisotopic (exact) mass is 237 g/mol. The Labute approximate surface area is 91.6 Å². The lowest BCUT2D eigenvalue weighted by Crippen LogP contribution is -2.47. The third-order valence-electron chi connectivity index (χ3n) is 2.49. The van der Waals surface area contributed by atoms with Gasteiger partial charge in [0.15, 0.2) is 0 Å². The van der Waals surface area contributed by atoms with E-state index in [0.717, 1.165) is 0 Å². The zero-order chi connectivity index (χ0) is 12.4. The number of nitrogens with two attached hydrogens (primary N) is 1. The van der Waals surface area contributed by atoms with Gasteiger partial charge in [-0.2, -0.15) is 0 Å². The molecule has 0 aliphatic carbocycles. The normalized spacial score (nSPS) is 15.3. The Morgan fingerprint density at radius 1 is 1.33 bits per heavy atom. The maximum atomic E-state index is 10.9. The summed E-state index contributed by atoms with van der Waals surface area (Å²) < 4.78 is 20.9. The van der Waals surface area contributed by atoms with Gasteiger partial charge in [-0.3, -0.25) is 4.79 Å². The van der Waals surface area contributed by atoms with Gasteiger partial charge in [-0.05, 0) is 25.7 Å². The van der Waals surface area contributed by atoms with Gasteiger partial charge in [-0.1, -0.05) is 13.8 Å². The first-order valence-corrected chi connectivity index (χ1v) is 5.81. The van der Waals surface area contributed by atoms with Crippen molar-refractivity contribution in [3.8, 4) is 0 Å². The van der Waals surface area contributed by atoms with Crippen molar-refractivity contribution in [2.45, 2.75) is 44.9 Å². The number of carbonyl (C=O) groups is 1. The molecule has 0 aliphatic rings. The maximum absolute atomic E-state index is 10.9. The molecule has 1 unspecified atom stereocenters. The minimum Gasteiger partial charge on any atom is -0.480 e. The van der Waals surface area contributed by atoms with Crippen molar-refractivity contribution in [1.29, 1.82) is 0 Å². The molecule has 0 aromatic rings. The van der Waals surface area contributed by atoms with Crippen LogP contribution in [0.2, 0.25) is 0 Å². The molecule has 6 heteroatoms. The quantitative estimate of drug-likeness (QED) is 0.594. The predicted molar refractivity (Wildman–Crippen MR) is 58.4 cm³/mol. The van der Waals surface area contributed by atoms with Crippen molar-refractivity contribution in [2.75, 3.05) is 0 Å². The average Bonchev–Trinajstić information content (AvgIpc) is 2.00. The molecule has 0 fully saturated rings. The van der Waals surface area contributed by atoms with Gasteiger partial charge in [0.05, 0.1) is 4.75 Å². The van der Waals surface area contributed by atoms with Gasteiger partial charge < -0.3 is 10.8 Å². The van der Waals surface area contributed by atoms with E-state index in [-0.39, 0.29) is 6.42 Å². The van der Waals surface area contributed by atoms with Crippen LogP contribution < -0.4 is 5.73 Å². The van der Waals surface area contributed by atoms with Crippen LogP contribution in [0.1, 0.15) is 34.1 Å². The highest BCUT2D eigenvalue weighted by Crippen LogP contribution is 2.32. The summed E-state index contributed by atoms with van der Waals surface area (Å²) in [6, 6.07) is -1.06. The molecule has 0 amide bonds. The SMILES string of the molecule is CC(C)(CC(C)(C)[SH](=O)=O)C(N)C(=O)O. The molecule has 0 radical (unpaired) electrons. The summed E-state index contributed by atoms with van der Waals surface area (Å²) in [4.78, 5) is 10.7. The summed E-state index contributed by atoms with van der Waals surface area (Å²) in [7, 11) is -2.60. The molecule has 0 aliphatic heterocycles. The first kappa shape index (κ1) is 14.4. The standard InChI is InChI=1S/C9H19NO4S/c1-8(2,6(10)7(11)12)5-9(3,4)15(13)14/h6,15H,5,10H2,1-4H3,(H,11,12). The van der Waals surface area contributed by atoms with Gasteiger partial charge in [0, 0.05) is 0 Å². The summed E-state index contributed by atoms with van der Waals surface area (Å²) in [6.07, 6.45) is 0.214. The van der Waals surface area contributed by atoms with Crippen LogP contribution in [-0.2, 0) is 15.5 Å². The lowest BCUT2D eigenvalue weighted by Gasteiger charge is -2.34. The van der Waals surface area contributed by atoms with Crippen LogP contribution in [0.5, 0.6) is 0 Å². The number of carboxylic acids is 1. The largest absolute Gasteiger partial charge is 0.480 e. The summed E-state index contributed by atoms with van der Waals surface area (Å²) in [5.74, 6) is -1.11. The Balaban J connectivity index is 4.86. The molecule has 5 nitrogen and oxygen atoms in total. The summed E-state index contributed by atoms with van der Waals surface area (Å²) in [6.45, 7) is 6.45. The molecule has 0 saturated carbocycles. The van der Waals surface area contributed by atoms with E-state index in [4.69, 9.17) is 10.8 Å². The van der Waals surface area contributed by atoms with Crippen LogP contribution in [0.15, 0.2) is 0 Å². The smallest absolute Gasteiger partial charge is 0.321 e. The predicted octanol–water partition coefficient (Wildman–Crippen LogP) is 0.205. The van der Waals surface area contributed by atoms with Gasteiger partial charge in [-0.25, -0.2) is 8.42 Å². The molecule has 0 bridgehead atoms. The van der Waals surface area contributed by atoms with E-state index >= 15 is 0 Å². The third-order valence-corrected chi connectivity index (χ3v) is 3.64. The molecule has 0 heterocycles. The molecule has 0 rings (SSSR count). The van der Waals surface area contributed by atoms with Crippen LogP contribution in [0.25, 0.3) is 0 Å². The first-order chi connectivity index (χ1) is 6.50. The molecular formula is C9H19NO4S. The van der Waals surface area contributed by atoms with Crippen LogP contribution >= 0.6 is 0 Å². The minimum absolute atomic E-state index is 0.214. The minimum atomic E-state index is -2.60. The van der Waals surface area contributed by atoms with Gasteiger partial charge in [0.25, 0.3) is 0 Å². The molecule has 1 atom stereocenters. The number of carboxylic acid groups (broad SMARTS) is 1. The molecule has 90 valence electrons. The fourth-order valence-electron chi connectivity index (χ4n) is 1.62. The Hall–Kier alpha value is -0.620. The van der Waals surface area contributed by atoms with E-state index in [9.17, 15) is 13.2 Å². The van der Waals surface area contributed by atoms with Crippen LogP contribution in [0.4, 0.5) is 0 Å². The fraction of sp³-hybridized carbons (Fsp3) is 0.889. The second-order valence-electron chi connectivity index (χ2n) is 5.05. The molecule has 0 spiro atoms. The van der Waals surface area contributed by atoms with Crippen LogP contribution in [0, 0.1) is 5.41 Å². The van der Waals surface area contributed by atoms with Crippen LogP contribution in [0.3, 0.4) is 0 Å². The third kappa shape index (κ3) is 3.79. The zero-order valence-electron chi connectivity index (χ0n) is 9.48. The zero-order valence-corrected chi connectivity index (χ0v) is 10.4. The van der Waals surface area contributed by atoms with Crippen molar-refractivity contribution in [3.05, 3.63) is 0 Å². The average molecular weight is 237 g/mol. The molecule has 0 aromatic carbocycles. The number of rotatable bonds is 5. The van der Waals surface area contributed by atoms with Crippen molar-refractivity contribution < 1.29 is 18.3 Å². The summed E-state index contributed by atoms with van der Waals surface area (Å²) in [5, 5.41) is 8.78. The second-order valence-corrected chi connectivity index (χ2v) is 6.78. The van der Waals surface area contributed by atoms with E-state index < -0.39 is 32.9 Å². The highest BCUT2D eigenvalue weighted by atomic mass is 32.2. The Bertz CT molecular complexity index is 312. The second kappa shape index (κ2) is 4.49. The van der Waals surface area contributed by atoms with Gasteiger partial charge >= 0.3 is 5.97 Å². The Morgan fingerprint density at radius 2 is 1.73 bits per heavy atom. The summed E-state index contributed by atoms with van der Waals surface area (Å²) in [5.41, 5.74) is 4.75. The van der Waals surface area contributed by atoms with E-state index in [1.807, 2.05) is 0 Å². The van der Waals surface area contributed by atoms with Gasteiger partial charge in [-0.15, -0.1) is 0 Å². The lowest BCUT2D eigenvalue weighted by atomic mass is 9.77. The highest BCUT2D eigenvalue weighted by molar-refractivity contribution is 7.74. The number of hydrogen-bond acceptors (Lipinski definition) is 4. The van der Waals surface area contributed by atoms with E-state index in [0.29, 0.717) is 0 Å². The molecule has 15 heavy (non-hydrogen) atoms. The fourth-order valence-corrected chi connectivity index (χ4v) is 2.16. The first-order valence-electron chi connectivity index (χ1n) is 4.63. The van der Waals surface area contributed by atoms with Crippen LogP contribution in [-0.4, -0.2) is 30.3 Å². The maximum Gasteiger partial charge on any atom is 0.321 e. The lowest BCUT2D eigenvalue weighted by molar-refractivity contribution is -0.141. The Morgan fingerprint density at radius 3 is 2.00 bits per heavy atom. The van der Waals surface area contributed by atoms with E-state index in [1.54, 1.807) is 27.7 Å². The number of aliphatic carboxylic acids is 1. The molecular weight excluding hydrogens is 218 g/mol. The highest BCUT2D eigenvalue weighted by Gasteiger charge is 2.38. The number of thiol groups is 1. The van der Waals surface area contributed by atoms with Gasteiger partial charge in [0.2, 0.25) is 0 Å². The molecule has 3 N–H and O–H groups in total. The van der Waals surface area contributed by atoms with Crippen molar-refractivity contribution in [1.82, 2.24) is 0 Å². The van der Waals surface area contributed by atoms with E-state index in [2.05, 4.69) is 0 Å².